The van der Waals surface area contributed by atoms with Crippen molar-refractivity contribution in [3.8, 4) is 0 Å². The van der Waals surface area contributed by atoms with E-state index < -0.39 is 78.8 Å². The minimum atomic E-state index is -8.15. The molecule has 1 fully saturated rings. The first-order chi connectivity index (χ1) is 14.7. The molecular formula is C15H11F17O2. The van der Waals surface area contributed by atoms with Crippen LogP contribution in [0.2, 0.25) is 0 Å². The largest absolute Gasteiger partial charge is 0.488 e. The topological polar surface area (TPSA) is 18.5 Å². The fraction of sp³-hybridized carbons (Fsp3) is 0.867. The Labute approximate surface area is 177 Å². The van der Waals surface area contributed by atoms with E-state index in [1.807, 2.05) is 0 Å². The van der Waals surface area contributed by atoms with Crippen LogP contribution in [-0.4, -0.2) is 62.0 Å². The van der Waals surface area contributed by atoms with Crippen LogP contribution in [0, 0.1) is 5.41 Å². The van der Waals surface area contributed by atoms with E-state index in [9.17, 15) is 74.6 Å². The molecular weight excluding hydrogens is 535 g/mol. The summed E-state index contributed by atoms with van der Waals surface area (Å²) in [6.07, 6.45) is -39.5. The second kappa shape index (κ2) is 8.46. The minimum Gasteiger partial charge on any atom is -0.488 e. The van der Waals surface area contributed by atoms with Gasteiger partial charge in [-0.05, 0) is 6.42 Å². The summed E-state index contributed by atoms with van der Waals surface area (Å²) in [4.78, 5) is 0. The molecule has 202 valence electrons. The number of allylic oxidation sites excluding steroid dienone is 2. The summed E-state index contributed by atoms with van der Waals surface area (Å²) >= 11 is 0. The van der Waals surface area contributed by atoms with Crippen LogP contribution >= 0.6 is 0 Å². The SMILES string of the molecule is CCC1(COC(=C(C(F)(C(F)(F)F)C(F)(F)F)C(F)(C(F)(F)F)C(F)(F)F)C(F)(F)F)COC1. The maximum Gasteiger partial charge on any atom is 0.449 e. The lowest BCUT2D eigenvalue weighted by molar-refractivity contribution is -0.366. The summed E-state index contributed by atoms with van der Waals surface area (Å²) < 4.78 is 234. The van der Waals surface area contributed by atoms with Crippen molar-refractivity contribution in [2.75, 3.05) is 19.8 Å². The summed E-state index contributed by atoms with van der Waals surface area (Å²) in [7, 11) is 0. The Bertz CT molecular complexity index is 687. The first-order valence-corrected chi connectivity index (χ1v) is 8.40. The van der Waals surface area contributed by atoms with E-state index in [0.717, 1.165) is 6.92 Å². The molecule has 0 aromatic rings. The van der Waals surface area contributed by atoms with Gasteiger partial charge >= 0.3 is 42.2 Å². The van der Waals surface area contributed by atoms with Crippen LogP contribution in [0.5, 0.6) is 0 Å². The quantitative estimate of drug-likeness (QED) is 0.266. The van der Waals surface area contributed by atoms with Gasteiger partial charge in [-0.15, -0.1) is 0 Å². The average Bonchev–Trinajstić information content (AvgIpc) is 2.54. The maximum absolute atomic E-state index is 14.5. The molecule has 1 rings (SSSR count). The monoisotopic (exact) mass is 546 g/mol. The molecule has 0 N–H and O–H groups in total. The molecule has 0 aromatic carbocycles. The second-order valence-electron chi connectivity index (χ2n) is 7.14. The van der Waals surface area contributed by atoms with Gasteiger partial charge in [-0.1, -0.05) is 6.92 Å². The first-order valence-electron chi connectivity index (χ1n) is 8.40. The first kappa shape index (κ1) is 30.3. The molecule has 1 saturated heterocycles. The zero-order valence-corrected chi connectivity index (χ0v) is 16.1. The molecule has 19 heteroatoms. The van der Waals surface area contributed by atoms with Gasteiger partial charge in [-0.25, -0.2) is 8.78 Å². The molecule has 0 spiro atoms. The van der Waals surface area contributed by atoms with Crippen LogP contribution < -0.4 is 0 Å². The van der Waals surface area contributed by atoms with Crippen LogP contribution in [0.3, 0.4) is 0 Å². The van der Waals surface area contributed by atoms with Gasteiger partial charge in [0, 0.05) is 0 Å². The van der Waals surface area contributed by atoms with Crippen LogP contribution in [-0.2, 0) is 9.47 Å². The lowest BCUT2D eigenvalue weighted by Gasteiger charge is -2.43. The lowest BCUT2D eigenvalue weighted by Crippen LogP contribution is -2.66. The minimum absolute atomic E-state index is 0.355. The lowest BCUT2D eigenvalue weighted by atomic mass is 9.79. The number of alkyl halides is 17. The molecule has 1 aliphatic heterocycles. The predicted molar refractivity (Wildman–Crippen MR) is 74.5 cm³/mol. The molecule has 1 aliphatic rings. The number of hydrogen-bond acceptors (Lipinski definition) is 2. The zero-order chi connectivity index (χ0) is 27.4. The van der Waals surface area contributed by atoms with Gasteiger partial charge in [-0.3, -0.25) is 0 Å². The van der Waals surface area contributed by atoms with Crippen LogP contribution in [0.15, 0.2) is 11.3 Å². The molecule has 0 radical (unpaired) electrons. The molecule has 0 amide bonds. The molecule has 0 atom stereocenters. The van der Waals surface area contributed by atoms with Crippen molar-refractivity contribution < 1.29 is 84.1 Å². The normalized spacial score (nSPS) is 18.4. The Morgan fingerprint density at radius 3 is 1.15 bits per heavy atom. The average molecular weight is 546 g/mol. The van der Waals surface area contributed by atoms with Crippen molar-refractivity contribution in [3.63, 3.8) is 0 Å². The summed E-state index contributed by atoms with van der Waals surface area (Å²) in [5.41, 5.74) is -23.5. The van der Waals surface area contributed by atoms with Crippen molar-refractivity contribution in [1.82, 2.24) is 0 Å². The Morgan fingerprint density at radius 2 is 0.971 bits per heavy atom. The van der Waals surface area contributed by atoms with Gasteiger partial charge in [0.15, 0.2) is 0 Å². The molecule has 0 aliphatic carbocycles. The smallest absolute Gasteiger partial charge is 0.449 e. The van der Waals surface area contributed by atoms with Gasteiger partial charge in [0.2, 0.25) is 5.76 Å². The van der Waals surface area contributed by atoms with E-state index in [0.29, 0.717) is 0 Å². The predicted octanol–water partition coefficient (Wildman–Crippen LogP) is 6.91. The van der Waals surface area contributed by atoms with Crippen molar-refractivity contribution in [2.45, 2.75) is 55.6 Å². The van der Waals surface area contributed by atoms with Gasteiger partial charge < -0.3 is 9.47 Å². The second-order valence-corrected chi connectivity index (χ2v) is 7.14. The summed E-state index contributed by atoms with van der Waals surface area (Å²) in [5.74, 6) is -4.43. The van der Waals surface area contributed by atoms with E-state index in [1.54, 1.807) is 0 Å². The highest BCUT2D eigenvalue weighted by atomic mass is 19.4. The number of rotatable bonds is 6. The van der Waals surface area contributed by atoms with Gasteiger partial charge in [0.1, 0.15) is 0 Å². The number of ether oxygens (including phenoxy) is 2. The van der Waals surface area contributed by atoms with Crippen molar-refractivity contribution in [2.24, 2.45) is 5.41 Å². The fourth-order valence-electron chi connectivity index (χ4n) is 2.74. The Balaban J connectivity index is 4.28. The van der Waals surface area contributed by atoms with E-state index in [1.165, 1.54) is 0 Å². The molecule has 34 heavy (non-hydrogen) atoms. The Kier molecular flexibility index (Phi) is 7.55. The van der Waals surface area contributed by atoms with E-state index >= 15 is 0 Å². The fourth-order valence-corrected chi connectivity index (χ4v) is 2.74. The van der Waals surface area contributed by atoms with E-state index in [-0.39, 0.29) is 6.42 Å². The summed E-state index contributed by atoms with van der Waals surface area (Å²) in [6, 6.07) is 0. The molecule has 1 heterocycles. The molecule has 2 nitrogen and oxygen atoms in total. The summed E-state index contributed by atoms with van der Waals surface area (Å²) in [5, 5.41) is 0. The standard InChI is InChI=1S/C15H11F17O2/c1-2-8(3-33-4-8)5-34-7(11(18,19)20)6(9(16,12(21,22)23)13(24,25)26)10(17,14(27,28)29)15(30,31)32/h2-5H2,1H3. The number of halogens is 17. The van der Waals surface area contributed by atoms with E-state index in [4.69, 9.17) is 0 Å². The van der Waals surface area contributed by atoms with Crippen LogP contribution in [0.25, 0.3) is 0 Å². The highest BCUT2D eigenvalue weighted by molar-refractivity contribution is 5.40. The summed E-state index contributed by atoms with van der Waals surface area (Å²) in [6.45, 7) is -1.94. The Hall–Kier alpha value is -1.69. The van der Waals surface area contributed by atoms with Crippen molar-refractivity contribution in [3.05, 3.63) is 11.3 Å². The third-order valence-electron chi connectivity index (χ3n) is 4.83. The van der Waals surface area contributed by atoms with Gasteiger partial charge in [-0.2, -0.15) is 65.9 Å². The van der Waals surface area contributed by atoms with Crippen LogP contribution in [0.1, 0.15) is 13.3 Å². The van der Waals surface area contributed by atoms with Gasteiger partial charge in [0.05, 0.1) is 30.8 Å². The number of hydrogen-bond donors (Lipinski definition) is 0. The van der Waals surface area contributed by atoms with Crippen molar-refractivity contribution in [1.29, 1.82) is 0 Å². The molecule has 0 saturated carbocycles. The van der Waals surface area contributed by atoms with E-state index in [2.05, 4.69) is 9.47 Å². The van der Waals surface area contributed by atoms with Gasteiger partial charge in [0.25, 0.3) is 0 Å². The maximum atomic E-state index is 14.5. The Morgan fingerprint density at radius 1 is 0.647 bits per heavy atom. The molecule has 0 unspecified atom stereocenters. The van der Waals surface area contributed by atoms with Crippen molar-refractivity contribution >= 4 is 0 Å². The highest BCUT2D eigenvalue weighted by Gasteiger charge is 2.88. The molecule has 0 bridgehead atoms. The van der Waals surface area contributed by atoms with Crippen LogP contribution in [0.4, 0.5) is 74.6 Å². The zero-order valence-electron chi connectivity index (χ0n) is 16.1. The highest BCUT2D eigenvalue weighted by Crippen LogP contribution is 2.63. The third kappa shape index (κ3) is 4.84. The third-order valence-corrected chi connectivity index (χ3v) is 4.83. The molecule has 0 aromatic heterocycles.